The minimum absolute atomic E-state index is 0.533. The van der Waals surface area contributed by atoms with E-state index in [-0.39, 0.29) is 0 Å². The summed E-state index contributed by atoms with van der Waals surface area (Å²) in [6, 6.07) is 0. The van der Waals surface area contributed by atoms with Crippen LogP contribution in [0.1, 0.15) is 26.7 Å². The Hall–Kier alpha value is -0.590. The number of carbonyl (C=O) groups excluding carboxylic acids is 1. The van der Waals surface area contributed by atoms with Crippen LogP contribution in [0.3, 0.4) is 0 Å². The van der Waals surface area contributed by atoms with E-state index < -0.39 is 0 Å². The first-order chi connectivity index (χ1) is 3.77. The molecule has 1 radical (unpaired) electrons. The highest BCUT2D eigenvalue weighted by molar-refractivity contribution is 5.50. The lowest BCUT2D eigenvalue weighted by Crippen LogP contribution is -1.71. The normalized spacial score (nSPS) is 8.25. The van der Waals surface area contributed by atoms with Crippen molar-refractivity contribution in [3.05, 3.63) is 11.6 Å². The third-order valence-corrected chi connectivity index (χ3v) is 0.799. The van der Waals surface area contributed by atoms with Crippen molar-refractivity contribution >= 4 is 6.29 Å². The van der Waals surface area contributed by atoms with Crippen LogP contribution in [0.4, 0.5) is 0 Å². The van der Waals surface area contributed by atoms with Crippen LogP contribution in [0.15, 0.2) is 11.6 Å². The molecule has 1 heteroatoms. The first kappa shape index (κ1) is 7.41. The molecule has 0 aromatic rings. The predicted molar refractivity (Wildman–Crippen MR) is 34.4 cm³/mol. The summed E-state index contributed by atoms with van der Waals surface area (Å²) >= 11 is 0. The average molecular weight is 111 g/mol. The lowest BCUT2D eigenvalue weighted by atomic mass is 10.2. The van der Waals surface area contributed by atoms with Crippen LogP contribution in [-0.2, 0) is 4.79 Å². The Morgan fingerprint density at radius 2 is 2.25 bits per heavy atom. The molecule has 0 rings (SSSR count). The van der Waals surface area contributed by atoms with Crippen molar-refractivity contribution in [3.8, 4) is 0 Å². The van der Waals surface area contributed by atoms with Gasteiger partial charge in [-0.05, 0) is 20.3 Å². The number of hydrogen-bond acceptors (Lipinski definition) is 1. The highest BCUT2D eigenvalue weighted by Gasteiger charge is 1.78. The van der Waals surface area contributed by atoms with Crippen molar-refractivity contribution in [1.29, 1.82) is 0 Å². The molecule has 0 saturated heterocycles. The summed E-state index contributed by atoms with van der Waals surface area (Å²) in [6.45, 7) is 4.04. The molecule has 0 fully saturated rings. The van der Waals surface area contributed by atoms with Gasteiger partial charge in [0.15, 0.2) is 6.29 Å². The first-order valence-electron chi connectivity index (χ1n) is 2.75. The van der Waals surface area contributed by atoms with Gasteiger partial charge in [0.25, 0.3) is 0 Å². The number of rotatable bonds is 3. The van der Waals surface area contributed by atoms with E-state index in [2.05, 4.69) is 0 Å². The van der Waals surface area contributed by atoms with Crippen LogP contribution in [0, 0.1) is 0 Å². The number of allylic oxidation sites excluding steroid dienone is 2. The Kier molecular flexibility index (Phi) is 4.23. The van der Waals surface area contributed by atoms with E-state index >= 15 is 0 Å². The van der Waals surface area contributed by atoms with E-state index in [1.807, 2.05) is 26.2 Å². The van der Waals surface area contributed by atoms with Gasteiger partial charge in [0.1, 0.15) is 0 Å². The quantitative estimate of drug-likeness (QED) is 0.401. The standard InChI is InChI=1S/C7H11O/c1-7(2)5-3-4-6-8/h5H,3-4H2,1-2H3. The largest absolute Gasteiger partial charge is 0.291 e. The molecule has 0 amide bonds. The van der Waals surface area contributed by atoms with E-state index in [1.165, 1.54) is 5.57 Å². The molecular formula is C7H11O. The monoisotopic (exact) mass is 111 g/mol. The van der Waals surface area contributed by atoms with Gasteiger partial charge in [0.05, 0.1) is 0 Å². The van der Waals surface area contributed by atoms with Gasteiger partial charge in [-0.15, -0.1) is 0 Å². The van der Waals surface area contributed by atoms with Crippen LogP contribution in [-0.4, -0.2) is 6.29 Å². The fourth-order valence-corrected chi connectivity index (χ4v) is 0.420. The highest BCUT2D eigenvalue weighted by atomic mass is 16.1. The molecule has 0 unspecified atom stereocenters. The van der Waals surface area contributed by atoms with Crippen LogP contribution in [0.5, 0.6) is 0 Å². The zero-order valence-electron chi connectivity index (χ0n) is 5.40. The number of hydrogen-bond donors (Lipinski definition) is 0. The molecule has 0 aliphatic heterocycles. The molecule has 0 aromatic carbocycles. The van der Waals surface area contributed by atoms with Crippen molar-refractivity contribution in [2.24, 2.45) is 0 Å². The molecule has 1 nitrogen and oxygen atoms in total. The van der Waals surface area contributed by atoms with Crippen LogP contribution in [0.25, 0.3) is 0 Å². The van der Waals surface area contributed by atoms with Gasteiger partial charge in [-0.3, -0.25) is 4.79 Å². The van der Waals surface area contributed by atoms with E-state index in [0.717, 1.165) is 6.42 Å². The summed E-state index contributed by atoms with van der Waals surface area (Å²) in [7, 11) is 0. The zero-order valence-corrected chi connectivity index (χ0v) is 5.40. The van der Waals surface area contributed by atoms with Gasteiger partial charge in [-0.2, -0.15) is 0 Å². The fourth-order valence-electron chi connectivity index (χ4n) is 0.420. The van der Waals surface area contributed by atoms with Gasteiger partial charge in [-0.1, -0.05) is 11.6 Å². The average Bonchev–Trinajstić information content (AvgIpc) is 1.66. The Labute approximate surface area is 50.4 Å². The summed E-state index contributed by atoms with van der Waals surface area (Å²) in [5, 5.41) is 0. The van der Waals surface area contributed by atoms with Crippen molar-refractivity contribution in [2.75, 3.05) is 0 Å². The minimum Gasteiger partial charge on any atom is -0.291 e. The van der Waals surface area contributed by atoms with Gasteiger partial charge in [0, 0.05) is 6.42 Å². The van der Waals surface area contributed by atoms with Gasteiger partial charge >= 0.3 is 0 Å². The van der Waals surface area contributed by atoms with E-state index in [0.29, 0.717) is 6.42 Å². The minimum atomic E-state index is 0.533. The SMILES string of the molecule is CC(C)=CCC[C]=O. The maximum Gasteiger partial charge on any atom is 0.198 e. The molecule has 0 saturated carbocycles. The molecule has 8 heavy (non-hydrogen) atoms. The third-order valence-electron chi connectivity index (χ3n) is 0.799. The molecular weight excluding hydrogens is 100 g/mol. The molecule has 0 heterocycles. The molecule has 0 bridgehead atoms. The molecule has 0 aliphatic carbocycles. The van der Waals surface area contributed by atoms with Crippen molar-refractivity contribution in [3.63, 3.8) is 0 Å². The fraction of sp³-hybridized carbons (Fsp3) is 0.571. The maximum atomic E-state index is 9.63. The Morgan fingerprint density at radius 1 is 1.62 bits per heavy atom. The van der Waals surface area contributed by atoms with E-state index in [1.54, 1.807) is 0 Å². The Balaban J connectivity index is 3.15. The lowest BCUT2D eigenvalue weighted by molar-refractivity contribution is 0.551. The first-order valence-corrected chi connectivity index (χ1v) is 2.75. The maximum absolute atomic E-state index is 9.63. The predicted octanol–water partition coefficient (Wildman–Crippen LogP) is 1.84. The van der Waals surface area contributed by atoms with Gasteiger partial charge in [-0.25, -0.2) is 0 Å². The molecule has 45 valence electrons. The lowest BCUT2D eigenvalue weighted by Gasteiger charge is -1.84. The molecule has 0 atom stereocenters. The van der Waals surface area contributed by atoms with Crippen molar-refractivity contribution < 1.29 is 4.79 Å². The Morgan fingerprint density at radius 3 is 2.62 bits per heavy atom. The van der Waals surface area contributed by atoms with E-state index in [4.69, 9.17) is 0 Å². The van der Waals surface area contributed by atoms with Crippen LogP contribution < -0.4 is 0 Å². The summed E-state index contributed by atoms with van der Waals surface area (Å²) in [5.41, 5.74) is 1.26. The van der Waals surface area contributed by atoms with Gasteiger partial charge in [0.2, 0.25) is 0 Å². The Bertz CT molecular complexity index is 88.6. The molecule has 0 aliphatic rings. The summed E-state index contributed by atoms with van der Waals surface area (Å²) in [6.07, 6.45) is 5.23. The van der Waals surface area contributed by atoms with Crippen LogP contribution >= 0.6 is 0 Å². The second-order valence-electron chi connectivity index (χ2n) is 1.96. The van der Waals surface area contributed by atoms with Crippen LogP contribution in [0.2, 0.25) is 0 Å². The smallest absolute Gasteiger partial charge is 0.198 e. The highest BCUT2D eigenvalue weighted by Crippen LogP contribution is 1.93. The van der Waals surface area contributed by atoms with Crippen molar-refractivity contribution in [2.45, 2.75) is 26.7 Å². The van der Waals surface area contributed by atoms with E-state index in [9.17, 15) is 4.79 Å². The van der Waals surface area contributed by atoms with Gasteiger partial charge < -0.3 is 0 Å². The zero-order chi connectivity index (χ0) is 6.41. The van der Waals surface area contributed by atoms with Crippen molar-refractivity contribution in [1.82, 2.24) is 0 Å². The molecule has 0 aromatic heterocycles. The number of unbranched alkanes of at least 4 members (excludes halogenated alkanes) is 1. The molecule has 0 spiro atoms. The summed E-state index contributed by atoms with van der Waals surface area (Å²) < 4.78 is 0. The molecule has 0 N–H and O–H groups in total. The summed E-state index contributed by atoms with van der Waals surface area (Å²) in [4.78, 5) is 9.63. The summed E-state index contributed by atoms with van der Waals surface area (Å²) in [5.74, 6) is 0. The third kappa shape index (κ3) is 5.41. The topological polar surface area (TPSA) is 17.1 Å². The second-order valence-corrected chi connectivity index (χ2v) is 1.96. The second kappa shape index (κ2) is 4.57.